The fourth-order valence-corrected chi connectivity index (χ4v) is 10.8. The van der Waals surface area contributed by atoms with Gasteiger partial charge in [0.05, 0.1) is 38.8 Å². The Balaban J connectivity index is 1.00. The van der Waals surface area contributed by atoms with Crippen molar-refractivity contribution >= 4 is 65.4 Å². The van der Waals surface area contributed by atoms with Crippen LogP contribution in [0, 0.1) is 0 Å². The average molecular weight is 800 g/mol. The second-order valence-corrected chi connectivity index (χ2v) is 16.9. The molecule has 4 heterocycles. The van der Waals surface area contributed by atoms with Gasteiger partial charge >= 0.3 is 0 Å². The van der Waals surface area contributed by atoms with E-state index in [0.717, 1.165) is 5.69 Å². The van der Waals surface area contributed by atoms with Gasteiger partial charge < -0.3 is 13.7 Å². The van der Waals surface area contributed by atoms with Crippen LogP contribution in [0.2, 0.25) is 0 Å². The molecule has 0 fully saturated rings. The summed E-state index contributed by atoms with van der Waals surface area (Å²) in [6, 6.07) is 82.9. The van der Waals surface area contributed by atoms with Gasteiger partial charge in [-0.05, 0) is 124 Å². The molecular weight excluding hydrogens is 763 g/mol. The molecular formula is C60H37N3. The second-order valence-electron chi connectivity index (χ2n) is 16.9. The van der Waals surface area contributed by atoms with Crippen LogP contribution in [-0.2, 0) is 0 Å². The molecule has 0 atom stereocenters. The van der Waals surface area contributed by atoms with Gasteiger partial charge in [-0.2, -0.15) is 0 Å². The molecule has 0 aliphatic carbocycles. The lowest BCUT2D eigenvalue weighted by atomic mass is 9.91. The number of aromatic nitrogens is 3. The summed E-state index contributed by atoms with van der Waals surface area (Å²) < 4.78 is 7.30. The van der Waals surface area contributed by atoms with Crippen molar-refractivity contribution < 1.29 is 0 Å². The minimum atomic E-state index is 1.15. The van der Waals surface area contributed by atoms with Gasteiger partial charge in [0, 0.05) is 54.8 Å². The molecule has 14 rings (SSSR count). The lowest BCUT2D eigenvalue weighted by Gasteiger charge is -2.12. The van der Waals surface area contributed by atoms with E-state index in [0.29, 0.717) is 0 Å². The van der Waals surface area contributed by atoms with Crippen molar-refractivity contribution in [3.05, 3.63) is 224 Å². The first-order valence-corrected chi connectivity index (χ1v) is 21.8. The number of rotatable bonds is 4. The lowest BCUT2D eigenvalue weighted by molar-refractivity contribution is 1.18. The van der Waals surface area contributed by atoms with E-state index in [4.69, 9.17) is 0 Å². The molecule has 0 spiro atoms. The highest BCUT2D eigenvalue weighted by Gasteiger charge is 2.25. The van der Waals surface area contributed by atoms with Crippen LogP contribution < -0.4 is 0 Å². The van der Waals surface area contributed by atoms with Crippen molar-refractivity contribution in [3.8, 4) is 61.6 Å². The monoisotopic (exact) mass is 799 g/mol. The fraction of sp³-hybridized carbons (Fsp3) is 0. The molecule has 1 aliphatic rings. The highest BCUT2D eigenvalue weighted by molar-refractivity contribution is 6.19. The number of hydrogen-bond donors (Lipinski definition) is 0. The fourth-order valence-electron chi connectivity index (χ4n) is 10.8. The minimum Gasteiger partial charge on any atom is -0.309 e. The van der Waals surface area contributed by atoms with Crippen molar-refractivity contribution in [2.24, 2.45) is 0 Å². The maximum absolute atomic E-state index is 2.49. The maximum Gasteiger partial charge on any atom is 0.0620 e. The zero-order chi connectivity index (χ0) is 41.2. The molecule has 10 aromatic carbocycles. The summed E-state index contributed by atoms with van der Waals surface area (Å²) >= 11 is 0. The zero-order valence-electron chi connectivity index (χ0n) is 34.2. The van der Waals surface area contributed by atoms with Crippen molar-refractivity contribution in [1.82, 2.24) is 13.7 Å². The Morgan fingerprint density at radius 1 is 0.222 bits per heavy atom. The van der Waals surface area contributed by atoms with Crippen LogP contribution in [0.1, 0.15) is 0 Å². The largest absolute Gasteiger partial charge is 0.309 e. The van der Waals surface area contributed by atoms with E-state index in [-0.39, 0.29) is 0 Å². The molecule has 0 bridgehead atoms. The molecule has 0 saturated carbocycles. The van der Waals surface area contributed by atoms with E-state index in [9.17, 15) is 0 Å². The van der Waals surface area contributed by atoms with Gasteiger partial charge in [0.25, 0.3) is 0 Å². The van der Waals surface area contributed by atoms with Gasteiger partial charge in [0.15, 0.2) is 0 Å². The molecule has 3 nitrogen and oxygen atoms in total. The van der Waals surface area contributed by atoms with E-state index in [1.807, 2.05) is 0 Å². The Morgan fingerprint density at radius 3 is 1.21 bits per heavy atom. The summed E-state index contributed by atoms with van der Waals surface area (Å²) in [5.41, 5.74) is 20.7. The first-order valence-electron chi connectivity index (χ1n) is 21.8. The van der Waals surface area contributed by atoms with Crippen LogP contribution in [-0.4, -0.2) is 13.7 Å². The molecule has 0 N–H and O–H groups in total. The Bertz CT molecular complexity index is 4010. The highest BCUT2D eigenvalue weighted by Crippen LogP contribution is 2.49. The summed E-state index contributed by atoms with van der Waals surface area (Å²) in [6.45, 7) is 0. The molecule has 292 valence electrons. The number of para-hydroxylation sites is 5. The second kappa shape index (κ2) is 13.1. The predicted octanol–water partition coefficient (Wildman–Crippen LogP) is 16.0. The van der Waals surface area contributed by atoms with Gasteiger partial charge in [-0.25, -0.2) is 0 Å². The van der Waals surface area contributed by atoms with Crippen molar-refractivity contribution in [3.63, 3.8) is 0 Å². The summed E-state index contributed by atoms with van der Waals surface area (Å²) in [4.78, 5) is 0. The van der Waals surface area contributed by atoms with E-state index in [2.05, 4.69) is 238 Å². The van der Waals surface area contributed by atoms with Crippen LogP contribution >= 0.6 is 0 Å². The van der Waals surface area contributed by atoms with Crippen LogP contribution in [0.15, 0.2) is 224 Å². The third-order valence-corrected chi connectivity index (χ3v) is 13.6. The Kier molecular flexibility index (Phi) is 7.11. The van der Waals surface area contributed by atoms with E-state index in [1.54, 1.807) is 0 Å². The number of nitrogens with zero attached hydrogens (tertiary/aromatic N) is 3. The Morgan fingerprint density at radius 2 is 0.619 bits per heavy atom. The van der Waals surface area contributed by atoms with Crippen LogP contribution in [0.5, 0.6) is 0 Å². The van der Waals surface area contributed by atoms with E-state index in [1.165, 1.54) is 121 Å². The molecule has 0 saturated heterocycles. The summed E-state index contributed by atoms with van der Waals surface area (Å²) in [6.07, 6.45) is 0. The van der Waals surface area contributed by atoms with Crippen molar-refractivity contribution in [2.45, 2.75) is 0 Å². The van der Waals surface area contributed by atoms with Gasteiger partial charge in [-0.1, -0.05) is 133 Å². The topological polar surface area (TPSA) is 14.8 Å². The molecule has 63 heavy (non-hydrogen) atoms. The quantitative estimate of drug-likeness (QED) is 0.168. The first kappa shape index (κ1) is 34.3. The Hall–Kier alpha value is -8.40. The third kappa shape index (κ3) is 4.90. The third-order valence-electron chi connectivity index (χ3n) is 13.6. The average Bonchev–Trinajstić information content (AvgIpc) is 3.96. The normalized spacial score (nSPS) is 12.1. The summed E-state index contributed by atoms with van der Waals surface area (Å²) in [5.74, 6) is 0. The summed E-state index contributed by atoms with van der Waals surface area (Å²) in [7, 11) is 0. The summed E-state index contributed by atoms with van der Waals surface area (Å²) in [5, 5.41) is 7.50. The molecule has 1 aliphatic heterocycles. The SMILES string of the molecule is c1ccc(-n2c3ccccc3c3cc(-c4ccc5c(c4)c4cc(-c6cc7c8c(c6)c6ccccc6n8-c6ccccc6-c6ccccc6-7)ccc4n5-c4ccccc4)ccc32)cc1. The van der Waals surface area contributed by atoms with Crippen LogP contribution in [0.4, 0.5) is 0 Å². The molecule has 3 heteroatoms. The Labute approximate surface area is 363 Å². The van der Waals surface area contributed by atoms with Gasteiger partial charge in [0.1, 0.15) is 0 Å². The molecule has 0 amide bonds. The smallest absolute Gasteiger partial charge is 0.0620 e. The minimum absolute atomic E-state index is 1.15. The predicted molar refractivity (Wildman–Crippen MR) is 265 cm³/mol. The van der Waals surface area contributed by atoms with Gasteiger partial charge in [-0.3, -0.25) is 0 Å². The molecule has 0 unspecified atom stereocenters. The van der Waals surface area contributed by atoms with Crippen molar-refractivity contribution in [1.29, 1.82) is 0 Å². The molecule has 0 radical (unpaired) electrons. The number of benzene rings is 10. The number of fused-ring (bicyclic) bond motifs is 14. The van der Waals surface area contributed by atoms with Crippen LogP contribution in [0.25, 0.3) is 127 Å². The maximum atomic E-state index is 2.49. The van der Waals surface area contributed by atoms with Crippen LogP contribution in [0.3, 0.4) is 0 Å². The van der Waals surface area contributed by atoms with Crippen molar-refractivity contribution in [2.75, 3.05) is 0 Å². The van der Waals surface area contributed by atoms with Gasteiger partial charge in [0.2, 0.25) is 0 Å². The molecule has 3 aromatic heterocycles. The number of hydrogen-bond acceptors (Lipinski definition) is 0. The molecule has 13 aromatic rings. The van der Waals surface area contributed by atoms with E-state index >= 15 is 0 Å². The zero-order valence-corrected chi connectivity index (χ0v) is 34.2. The van der Waals surface area contributed by atoms with E-state index < -0.39 is 0 Å². The highest BCUT2D eigenvalue weighted by atomic mass is 15.0. The first-order chi connectivity index (χ1) is 31.3. The van der Waals surface area contributed by atoms with Gasteiger partial charge in [-0.15, -0.1) is 0 Å². The lowest BCUT2D eigenvalue weighted by Crippen LogP contribution is -1.95. The standard InChI is InChI=1S/C60H37N3/c1-3-15-42(16-4-1)61-54-24-12-10-22-47(54)49-33-38(27-30-57(49)61)39-28-31-58-50(34-39)51-35-40(29-32-59(51)62(58)43-17-5-2-6-18-43)41-36-52-45-20-8-7-19-44(45)46-21-9-13-25-55(46)63-56-26-14-11-23-48(56)53(37-41)60(52)63/h1-37H.